The zero-order valence-electron chi connectivity index (χ0n) is 5.78. The molecule has 1 saturated heterocycles. The molecule has 0 unspecified atom stereocenters. The Kier molecular flexibility index (Phi) is 1.90. The highest BCUT2D eigenvalue weighted by Gasteiger charge is 2.14. The molecule has 0 aliphatic carbocycles. The summed E-state index contributed by atoms with van der Waals surface area (Å²) in [5.74, 6) is 1.83. The second-order valence-corrected chi connectivity index (χ2v) is 2.95. The lowest BCUT2D eigenvalue weighted by Gasteiger charge is -2.25. The first-order valence-corrected chi connectivity index (χ1v) is 3.51. The van der Waals surface area contributed by atoms with E-state index in [4.69, 9.17) is 0 Å². The van der Waals surface area contributed by atoms with Crippen molar-refractivity contribution < 1.29 is 0 Å². The third-order valence-corrected chi connectivity index (χ3v) is 2.21. The Morgan fingerprint density at radius 1 is 1.25 bits per heavy atom. The number of hydrogen-bond donors (Lipinski definition) is 1. The number of rotatable bonds is 0. The minimum absolute atomic E-state index is 0.892. The van der Waals surface area contributed by atoms with Crippen LogP contribution in [0.4, 0.5) is 0 Å². The van der Waals surface area contributed by atoms with Gasteiger partial charge in [-0.2, -0.15) is 0 Å². The fourth-order valence-electron chi connectivity index (χ4n) is 1.15. The molecule has 1 rings (SSSR count). The standard InChI is InChI=1S/C7H15N/c1-6-3-4-8-5-7(6)2/h6-8H,3-5H2,1-2H3/t6-,7+/m1/s1. The Bertz CT molecular complexity index is 60.8. The van der Waals surface area contributed by atoms with Gasteiger partial charge in [0.25, 0.3) is 0 Å². The summed E-state index contributed by atoms with van der Waals surface area (Å²) in [6.07, 6.45) is 1.36. The highest BCUT2D eigenvalue weighted by Crippen LogP contribution is 2.16. The van der Waals surface area contributed by atoms with Crippen molar-refractivity contribution in [3.63, 3.8) is 0 Å². The summed E-state index contributed by atoms with van der Waals surface area (Å²) < 4.78 is 0. The van der Waals surface area contributed by atoms with Gasteiger partial charge in [0.2, 0.25) is 0 Å². The average Bonchev–Trinajstić information content (AvgIpc) is 1.77. The fourth-order valence-corrected chi connectivity index (χ4v) is 1.15. The molecule has 0 aromatic carbocycles. The van der Waals surface area contributed by atoms with Gasteiger partial charge >= 0.3 is 0 Å². The van der Waals surface area contributed by atoms with Crippen LogP contribution in [0.25, 0.3) is 0 Å². The molecule has 0 saturated carbocycles. The van der Waals surface area contributed by atoms with Gasteiger partial charge < -0.3 is 5.32 Å². The summed E-state index contributed by atoms with van der Waals surface area (Å²) in [5, 5.41) is 3.36. The molecule has 1 aliphatic rings. The molecule has 8 heavy (non-hydrogen) atoms. The minimum atomic E-state index is 0.892. The smallest absolute Gasteiger partial charge is 0.00206 e. The Labute approximate surface area is 51.5 Å². The Morgan fingerprint density at radius 3 is 2.38 bits per heavy atom. The molecule has 0 spiro atoms. The van der Waals surface area contributed by atoms with E-state index in [9.17, 15) is 0 Å². The first-order chi connectivity index (χ1) is 3.80. The molecule has 1 heteroatoms. The molecule has 0 aromatic heterocycles. The molecule has 1 nitrogen and oxygen atoms in total. The maximum absolute atomic E-state index is 3.36. The van der Waals surface area contributed by atoms with Crippen LogP contribution in [0.5, 0.6) is 0 Å². The van der Waals surface area contributed by atoms with Gasteiger partial charge in [0.15, 0.2) is 0 Å². The maximum Gasteiger partial charge on any atom is -0.00206 e. The predicted octanol–water partition coefficient (Wildman–Crippen LogP) is 1.25. The average molecular weight is 113 g/mol. The van der Waals surface area contributed by atoms with E-state index >= 15 is 0 Å². The predicted molar refractivity (Wildman–Crippen MR) is 35.8 cm³/mol. The zero-order chi connectivity index (χ0) is 5.98. The van der Waals surface area contributed by atoms with E-state index in [0.29, 0.717) is 0 Å². The van der Waals surface area contributed by atoms with E-state index in [0.717, 1.165) is 11.8 Å². The van der Waals surface area contributed by atoms with Gasteiger partial charge in [-0.25, -0.2) is 0 Å². The minimum Gasteiger partial charge on any atom is -0.316 e. The number of nitrogens with one attached hydrogen (secondary N) is 1. The molecule has 0 radical (unpaired) electrons. The Hall–Kier alpha value is -0.0400. The summed E-state index contributed by atoms with van der Waals surface area (Å²) in [7, 11) is 0. The van der Waals surface area contributed by atoms with Crippen LogP contribution in [0.1, 0.15) is 20.3 Å². The van der Waals surface area contributed by atoms with E-state index < -0.39 is 0 Å². The molecular weight excluding hydrogens is 98.1 g/mol. The van der Waals surface area contributed by atoms with Crippen LogP contribution in [-0.4, -0.2) is 13.1 Å². The van der Waals surface area contributed by atoms with Gasteiger partial charge in [0, 0.05) is 0 Å². The molecule has 1 fully saturated rings. The van der Waals surface area contributed by atoms with Crippen LogP contribution in [0.15, 0.2) is 0 Å². The summed E-state index contributed by atoms with van der Waals surface area (Å²) in [5.41, 5.74) is 0. The van der Waals surface area contributed by atoms with Gasteiger partial charge in [-0.1, -0.05) is 13.8 Å². The third-order valence-electron chi connectivity index (χ3n) is 2.21. The maximum atomic E-state index is 3.36. The van der Waals surface area contributed by atoms with E-state index in [1.54, 1.807) is 0 Å². The van der Waals surface area contributed by atoms with E-state index in [1.165, 1.54) is 19.5 Å². The number of hydrogen-bond acceptors (Lipinski definition) is 1. The van der Waals surface area contributed by atoms with E-state index in [-0.39, 0.29) is 0 Å². The van der Waals surface area contributed by atoms with Crippen molar-refractivity contribution in [3.8, 4) is 0 Å². The Morgan fingerprint density at radius 2 is 2.00 bits per heavy atom. The van der Waals surface area contributed by atoms with Crippen molar-refractivity contribution in [2.45, 2.75) is 20.3 Å². The van der Waals surface area contributed by atoms with Crippen molar-refractivity contribution in [1.82, 2.24) is 5.32 Å². The van der Waals surface area contributed by atoms with Gasteiger partial charge in [-0.15, -0.1) is 0 Å². The summed E-state index contributed by atoms with van der Waals surface area (Å²) in [6, 6.07) is 0. The van der Waals surface area contributed by atoms with E-state index in [2.05, 4.69) is 19.2 Å². The van der Waals surface area contributed by atoms with Crippen LogP contribution in [0.3, 0.4) is 0 Å². The van der Waals surface area contributed by atoms with Crippen LogP contribution in [0, 0.1) is 11.8 Å². The quantitative estimate of drug-likeness (QED) is 0.498. The lowest BCUT2D eigenvalue weighted by Crippen LogP contribution is -2.33. The summed E-state index contributed by atoms with van der Waals surface area (Å²) in [4.78, 5) is 0. The topological polar surface area (TPSA) is 12.0 Å². The molecule has 1 heterocycles. The molecule has 1 N–H and O–H groups in total. The molecular formula is C7H15N. The normalized spacial score (nSPS) is 39.8. The van der Waals surface area contributed by atoms with Crippen LogP contribution in [-0.2, 0) is 0 Å². The van der Waals surface area contributed by atoms with E-state index in [1.807, 2.05) is 0 Å². The van der Waals surface area contributed by atoms with Crippen molar-refractivity contribution in [2.75, 3.05) is 13.1 Å². The van der Waals surface area contributed by atoms with Gasteiger partial charge in [0.05, 0.1) is 0 Å². The summed E-state index contributed by atoms with van der Waals surface area (Å²) >= 11 is 0. The second kappa shape index (κ2) is 2.49. The lowest BCUT2D eigenvalue weighted by atomic mass is 9.90. The second-order valence-electron chi connectivity index (χ2n) is 2.95. The molecule has 0 bridgehead atoms. The number of piperidine rings is 1. The summed E-state index contributed by atoms with van der Waals surface area (Å²) in [6.45, 7) is 7.11. The largest absolute Gasteiger partial charge is 0.316 e. The fraction of sp³-hybridized carbons (Fsp3) is 1.00. The van der Waals surface area contributed by atoms with Gasteiger partial charge in [-0.3, -0.25) is 0 Å². The molecule has 48 valence electrons. The van der Waals surface area contributed by atoms with Crippen molar-refractivity contribution in [1.29, 1.82) is 0 Å². The molecule has 0 amide bonds. The SMILES string of the molecule is C[C@@H]1CCNC[C@@H]1C. The first kappa shape index (κ1) is 6.09. The highest BCUT2D eigenvalue weighted by molar-refractivity contribution is 4.70. The molecule has 1 aliphatic heterocycles. The highest BCUT2D eigenvalue weighted by atomic mass is 14.9. The van der Waals surface area contributed by atoms with Crippen molar-refractivity contribution in [3.05, 3.63) is 0 Å². The van der Waals surface area contributed by atoms with Crippen LogP contribution < -0.4 is 5.32 Å². The zero-order valence-corrected chi connectivity index (χ0v) is 5.78. The van der Waals surface area contributed by atoms with Crippen molar-refractivity contribution in [2.24, 2.45) is 11.8 Å². The van der Waals surface area contributed by atoms with Gasteiger partial charge in [-0.05, 0) is 31.3 Å². The monoisotopic (exact) mass is 113 g/mol. The lowest BCUT2D eigenvalue weighted by molar-refractivity contribution is 0.295. The van der Waals surface area contributed by atoms with Gasteiger partial charge in [0.1, 0.15) is 0 Å². The van der Waals surface area contributed by atoms with Crippen LogP contribution in [0.2, 0.25) is 0 Å². The van der Waals surface area contributed by atoms with Crippen LogP contribution >= 0.6 is 0 Å². The molecule has 2 atom stereocenters. The third kappa shape index (κ3) is 1.22. The molecule has 0 aromatic rings. The Balaban J connectivity index is 2.28. The first-order valence-electron chi connectivity index (χ1n) is 3.51. The van der Waals surface area contributed by atoms with Crippen molar-refractivity contribution >= 4 is 0 Å².